The molecule has 2 rings (SSSR count). The summed E-state index contributed by atoms with van der Waals surface area (Å²) in [6, 6.07) is 4.76. The lowest BCUT2D eigenvalue weighted by molar-refractivity contribution is 0.352. The summed E-state index contributed by atoms with van der Waals surface area (Å²) < 4.78 is 22.9. The van der Waals surface area contributed by atoms with Crippen LogP contribution in [0.4, 0.5) is 5.69 Å². The van der Waals surface area contributed by atoms with Crippen LogP contribution in [0, 0.1) is 0 Å². The maximum Gasteiger partial charge on any atom is 0.188 e. The lowest BCUT2D eigenvalue weighted by Gasteiger charge is -2.26. The number of hydrogen-bond donors (Lipinski definition) is 2. The average Bonchev–Trinajstić information content (AvgIpc) is 2.74. The first kappa shape index (κ1) is 15.8. The van der Waals surface area contributed by atoms with E-state index in [2.05, 4.69) is 5.32 Å². The number of thiocarbonyl (C=S) groups is 1. The molecule has 1 aromatic rings. The van der Waals surface area contributed by atoms with Crippen LogP contribution in [-0.2, 0) is 9.84 Å². The Labute approximate surface area is 132 Å². The third-order valence-electron chi connectivity index (χ3n) is 3.03. The van der Waals surface area contributed by atoms with Gasteiger partial charge < -0.3 is 5.32 Å². The molecule has 1 heterocycles. The highest BCUT2D eigenvalue weighted by Crippen LogP contribution is 2.29. The fourth-order valence-electron chi connectivity index (χ4n) is 1.94. The number of anilines is 1. The second-order valence-corrected chi connectivity index (χ2v) is 7.90. The Balaban J connectivity index is 2.07. The van der Waals surface area contributed by atoms with E-state index in [4.69, 9.17) is 41.3 Å². The molecule has 0 aromatic heterocycles. The van der Waals surface area contributed by atoms with Gasteiger partial charge in [0.05, 0.1) is 33.3 Å². The summed E-state index contributed by atoms with van der Waals surface area (Å²) in [5, 5.41) is 5.07. The van der Waals surface area contributed by atoms with Gasteiger partial charge >= 0.3 is 0 Å². The third kappa shape index (κ3) is 3.53. The van der Waals surface area contributed by atoms with Crippen LogP contribution in [0.25, 0.3) is 0 Å². The van der Waals surface area contributed by atoms with Crippen molar-refractivity contribution in [3.05, 3.63) is 28.2 Å². The molecule has 0 saturated carbocycles. The number of hydrazine groups is 1. The molecule has 3 N–H and O–H groups in total. The van der Waals surface area contributed by atoms with E-state index in [1.54, 1.807) is 18.2 Å². The number of rotatable bonds is 2. The molecule has 0 spiro atoms. The van der Waals surface area contributed by atoms with Crippen molar-refractivity contribution in [1.82, 2.24) is 5.01 Å². The Hall–Kier alpha value is -0.600. The van der Waals surface area contributed by atoms with Crippen LogP contribution in [-0.4, -0.2) is 36.1 Å². The smallest absolute Gasteiger partial charge is 0.188 e. The van der Waals surface area contributed by atoms with Crippen molar-refractivity contribution in [2.24, 2.45) is 5.84 Å². The molecule has 5 nitrogen and oxygen atoms in total. The highest BCUT2D eigenvalue weighted by Gasteiger charge is 2.32. The van der Waals surface area contributed by atoms with E-state index in [9.17, 15) is 8.42 Å². The van der Waals surface area contributed by atoms with Crippen LogP contribution in [0.5, 0.6) is 0 Å². The maximum atomic E-state index is 11.4. The van der Waals surface area contributed by atoms with Crippen LogP contribution >= 0.6 is 35.4 Å². The Morgan fingerprint density at radius 2 is 2.15 bits per heavy atom. The summed E-state index contributed by atoms with van der Waals surface area (Å²) in [4.78, 5) is 0. The van der Waals surface area contributed by atoms with Gasteiger partial charge in [-0.3, -0.25) is 5.01 Å². The van der Waals surface area contributed by atoms with Gasteiger partial charge in [-0.1, -0.05) is 29.3 Å². The molecule has 1 saturated heterocycles. The van der Waals surface area contributed by atoms with E-state index < -0.39 is 9.84 Å². The molecule has 1 atom stereocenters. The number of nitrogens with one attached hydrogen (secondary N) is 1. The first-order chi connectivity index (χ1) is 9.30. The Bertz CT molecular complexity index is 637. The molecule has 0 aliphatic carbocycles. The Morgan fingerprint density at radius 1 is 1.45 bits per heavy atom. The van der Waals surface area contributed by atoms with Crippen molar-refractivity contribution in [2.45, 2.75) is 12.5 Å². The van der Waals surface area contributed by atoms with E-state index in [0.717, 1.165) is 0 Å². The van der Waals surface area contributed by atoms with Crippen LogP contribution in [0.15, 0.2) is 18.2 Å². The number of hydrogen-bond acceptors (Lipinski definition) is 4. The molecule has 1 aliphatic heterocycles. The average molecular weight is 354 g/mol. The van der Waals surface area contributed by atoms with Crippen molar-refractivity contribution in [3.8, 4) is 0 Å². The molecule has 1 aromatic carbocycles. The van der Waals surface area contributed by atoms with E-state index >= 15 is 0 Å². The molecule has 0 amide bonds. The first-order valence-electron chi connectivity index (χ1n) is 5.79. The van der Waals surface area contributed by atoms with E-state index in [1.807, 2.05) is 0 Å². The normalized spacial score (nSPS) is 20.6. The number of halogens is 2. The summed E-state index contributed by atoms with van der Waals surface area (Å²) in [5.41, 5.74) is 0.528. The highest BCUT2D eigenvalue weighted by molar-refractivity contribution is 7.91. The number of nitrogens with two attached hydrogens (primary N) is 1. The zero-order chi connectivity index (χ0) is 14.9. The maximum absolute atomic E-state index is 11.4. The molecule has 110 valence electrons. The zero-order valence-corrected chi connectivity index (χ0v) is 13.5. The topological polar surface area (TPSA) is 75.4 Å². The molecular weight excluding hydrogens is 341 g/mol. The SMILES string of the molecule is NN(C(=S)Nc1cccc(Cl)c1Cl)C1CCS(=O)(=O)C1. The largest absolute Gasteiger partial charge is 0.330 e. The van der Waals surface area contributed by atoms with Crippen LogP contribution in [0.2, 0.25) is 10.0 Å². The minimum Gasteiger partial charge on any atom is -0.330 e. The summed E-state index contributed by atoms with van der Waals surface area (Å²) in [7, 11) is -3.02. The van der Waals surface area contributed by atoms with Crippen molar-refractivity contribution in [2.75, 3.05) is 16.8 Å². The van der Waals surface area contributed by atoms with Crippen LogP contribution in [0.1, 0.15) is 6.42 Å². The van der Waals surface area contributed by atoms with Gasteiger partial charge in [-0.15, -0.1) is 0 Å². The molecule has 20 heavy (non-hydrogen) atoms. The lowest BCUT2D eigenvalue weighted by Crippen LogP contribution is -2.48. The number of benzene rings is 1. The van der Waals surface area contributed by atoms with Crippen molar-refractivity contribution in [3.63, 3.8) is 0 Å². The van der Waals surface area contributed by atoms with E-state index in [0.29, 0.717) is 22.2 Å². The standard InChI is InChI=1S/C11H13Cl2N3O2S2/c12-8-2-1-3-9(10(8)13)15-11(19)16(14)7-4-5-20(17,18)6-7/h1-3,7H,4-6,14H2,(H,15,19). The molecule has 0 bridgehead atoms. The van der Waals surface area contributed by atoms with Crippen molar-refractivity contribution < 1.29 is 8.42 Å². The second kappa shape index (κ2) is 6.03. The molecule has 0 radical (unpaired) electrons. The van der Waals surface area contributed by atoms with Crippen LogP contribution < -0.4 is 11.2 Å². The number of sulfone groups is 1. The number of nitrogens with zero attached hydrogens (tertiary/aromatic N) is 1. The van der Waals surface area contributed by atoms with Crippen LogP contribution in [0.3, 0.4) is 0 Å². The molecular formula is C11H13Cl2N3O2S2. The quantitative estimate of drug-likeness (QED) is 0.481. The Morgan fingerprint density at radius 3 is 2.75 bits per heavy atom. The van der Waals surface area contributed by atoms with Gasteiger partial charge in [-0.25, -0.2) is 14.3 Å². The summed E-state index contributed by atoms with van der Waals surface area (Å²) >= 11 is 17.1. The second-order valence-electron chi connectivity index (χ2n) is 4.50. The minimum atomic E-state index is -3.02. The molecule has 9 heteroatoms. The first-order valence-corrected chi connectivity index (χ1v) is 8.78. The van der Waals surface area contributed by atoms with Gasteiger partial charge in [0.2, 0.25) is 0 Å². The molecule has 1 fully saturated rings. The summed E-state index contributed by atoms with van der Waals surface area (Å²) in [5.74, 6) is 6.01. The van der Waals surface area contributed by atoms with E-state index in [-0.39, 0.29) is 22.7 Å². The Kier molecular flexibility index (Phi) is 4.76. The van der Waals surface area contributed by atoms with E-state index in [1.165, 1.54) is 5.01 Å². The molecule has 1 unspecified atom stereocenters. The van der Waals surface area contributed by atoms with Gasteiger partial charge in [0.15, 0.2) is 14.9 Å². The minimum absolute atomic E-state index is 0.00853. The lowest BCUT2D eigenvalue weighted by atomic mass is 10.2. The van der Waals surface area contributed by atoms with Crippen molar-refractivity contribution in [1.29, 1.82) is 0 Å². The van der Waals surface area contributed by atoms with Gasteiger partial charge in [0, 0.05) is 0 Å². The fraction of sp³-hybridized carbons (Fsp3) is 0.364. The summed E-state index contributed by atoms with van der Waals surface area (Å²) in [6.07, 6.45) is 0.462. The predicted molar refractivity (Wildman–Crippen MR) is 85.8 cm³/mol. The predicted octanol–water partition coefficient (Wildman–Crippen LogP) is 2.05. The van der Waals surface area contributed by atoms with Crippen molar-refractivity contribution >= 4 is 56.1 Å². The monoisotopic (exact) mass is 353 g/mol. The summed E-state index contributed by atoms with van der Waals surface area (Å²) in [6.45, 7) is 0. The third-order valence-corrected chi connectivity index (χ3v) is 5.91. The zero-order valence-electron chi connectivity index (χ0n) is 10.3. The van der Waals surface area contributed by atoms with Gasteiger partial charge in [0.25, 0.3) is 0 Å². The van der Waals surface area contributed by atoms with Gasteiger partial charge in [-0.05, 0) is 30.8 Å². The fourth-order valence-corrected chi connectivity index (χ4v) is 4.26. The van der Waals surface area contributed by atoms with Gasteiger partial charge in [-0.2, -0.15) is 0 Å². The highest BCUT2D eigenvalue weighted by atomic mass is 35.5. The van der Waals surface area contributed by atoms with Gasteiger partial charge in [0.1, 0.15) is 0 Å². The molecule has 1 aliphatic rings.